The second-order valence-electron chi connectivity index (χ2n) is 3.57. The zero-order chi connectivity index (χ0) is 12.2. The normalized spacial score (nSPS) is 11.4. The molecule has 0 aromatic carbocycles. The number of nitrogens with one attached hydrogen (secondary N) is 1. The van der Waals surface area contributed by atoms with Crippen molar-refractivity contribution in [1.82, 2.24) is 4.98 Å². The van der Waals surface area contributed by atoms with E-state index in [1.807, 2.05) is 6.92 Å². The number of pyridine rings is 1. The van der Waals surface area contributed by atoms with Crippen molar-refractivity contribution in [3.63, 3.8) is 0 Å². The number of unbranched alkanes of at least 4 members (excludes halogenated alkanes) is 1. The Morgan fingerprint density at radius 2 is 2.19 bits per heavy atom. The van der Waals surface area contributed by atoms with Crippen molar-refractivity contribution in [2.75, 3.05) is 10.5 Å². The lowest BCUT2D eigenvalue weighted by Crippen LogP contribution is -2.17. The Bertz CT molecular complexity index is 440. The van der Waals surface area contributed by atoms with E-state index in [-0.39, 0.29) is 10.9 Å². The van der Waals surface area contributed by atoms with Crippen LogP contribution in [-0.4, -0.2) is 19.2 Å². The Morgan fingerprint density at radius 3 is 2.75 bits per heavy atom. The molecule has 0 amide bonds. The predicted molar refractivity (Wildman–Crippen MR) is 66.3 cm³/mol. The molecule has 0 bridgehead atoms. The van der Waals surface area contributed by atoms with E-state index in [9.17, 15) is 8.42 Å². The van der Waals surface area contributed by atoms with Crippen LogP contribution in [0.3, 0.4) is 0 Å². The number of hydrogen-bond donors (Lipinski definition) is 1. The second-order valence-corrected chi connectivity index (χ2v) is 5.77. The molecule has 1 rings (SSSR count). The first-order chi connectivity index (χ1) is 7.46. The molecule has 1 aromatic heterocycles. The largest absolute Gasteiger partial charge is 0.280 e. The molecule has 0 aliphatic rings. The van der Waals surface area contributed by atoms with Crippen LogP contribution in [0, 0.1) is 6.92 Å². The van der Waals surface area contributed by atoms with Crippen molar-refractivity contribution < 1.29 is 8.42 Å². The molecule has 4 nitrogen and oxygen atoms in total. The van der Waals surface area contributed by atoms with Crippen LogP contribution >= 0.6 is 11.6 Å². The minimum atomic E-state index is -3.32. The molecule has 90 valence electrons. The maximum Gasteiger partial charge on any atom is 0.232 e. The third-order valence-electron chi connectivity index (χ3n) is 2.14. The summed E-state index contributed by atoms with van der Waals surface area (Å²) in [6.45, 7) is 3.73. The Hall–Kier alpha value is -0.810. The van der Waals surface area contributed by atoms with Gasteiger partial charge < -0.3 is 0 Å². The van der Waals surface area contributed by atoms with Crippen LogP contribution < -0.4 is 4.72 Å². The van der Waals surface area contributed by atoms with Gasteiger partial charge in [-0.15, -0.1) is 0 Å². The van der Waals surface area contributed by atoms with Crippen molar-refractivity contribution in [2.45, 2.75) is 26.7 Å². The quantitative estimate of drug-likeness (QED) is 0.830. The highest BCUT2D eigenvalue weighted by Gasteiger charge is 2.13. The second kappa shape index (κ2) is 5.50. The van der Waals surface area contributed by atoms with E-state index >= 15 is 0 Å². The summed E-state index contributed by atoms with van der Waals surface area (Å²) in [5.74, 6) is 0.105. The molecular weight excluding hydrogens is 248 g/mol. The molecule has 0 saturated heterocycles. The van der Waals surface area contributed by atoms with E-state index in [2.05, 4.69) is 9.71 Å². The Balaban J connectivity index is 2.88. The summed E-state index contributed by atoms with van der Waals surface area (Å²) in [6, 6.07) is 1.71. The highest BCUT2D eigenvalue weighted by Crippen LogP contribution is 2.23. The van der Waals surface area contributed by atoms with Crippen LogP contribution in [0.4, 0.5) is 5.69 Å². The van der Waals surface area contributed by atoms with Crippen LogP contribution in [0.5, 0.6) is 0 Å². The number of anilines is 1. The average Bonchev–Trinajstić information content (AvgIpc) is 2.21. The average molecular weight is 263 g/mol. The van der Waals surface area contributed by atoms with E-state index in [0.717, 1.165) is 12.0 Å². The number of hydrogen-bond acceptors (Lipinski definition) is 3. The van der Waals surface area contributed by atoms with Crippen molar-refractivity contribution in [1.29, 1.82) is 0 Å². The maximum atomic E-state index is 11.7. The fourth-order valence-electron chi connectivity index (χ4n) is 1.19. The molecule has 1 N–H and O–H groups in total. The van der Waals surface area contributed by atoms with Gasteiger partial charge in [0.25, 0.3) is 0 Å². The number of nitrogens with zero attached hydrogens (tertiary/aromatic N) is 1. The monoisotopic (exact) mass is 262 g/mol. The van der Waals surface area contributed by atoms with Gasteiger partial charge in [0.1, 0.15) is 0 Å². The van der Waals surface area contributed by atoms with Crippen molar-refractivity contribution in [3.8, 4) is 0 Å². The minimum absolute atomic E-state index is 0.105. The Labute approximate surface area is 101 Å². The molecular formula is C10H15ClN2O2S. The van der Waals surface area contributed by atoms with E-state index in [1.165, 1.54) is 0 Å². The van der Waals surface area contributed by atoms with Crippen LogP contribution in [0.2, 0.25) is 5.15 Å². The van der Waals surface area contributed by atoms with Crippen molar-refractivity contribution in [3.05, 3.63) is 23.0 Å². The lowest BCUT2D eigenvalue weighted by atomic mass is 10.3. The summed E-state index contributed by atoms with van der Waals surface area (Å²) in [7, 11) is -3.32. The minimum Gasteiger partial charge on any atom is -0.280 e. The van der Waals surface area contributed by atoms with E-state index in [1.54, 1.807) is 19.2 Å². The SMILES string of the molecule is CCCCS(=O)(=O)Nc1c(C)ccnc1Cl. The summed E-state index contributed by atoms with van der Waals surface area (Å²) in [5, 5.41) is 0.181. The summed E-state index contributed by atoms with van der Waals surface area (Å²) in [5.41, 5.74) is 1.14. The van der Waals surface area contributed by atoms with Gasteiger partial charge in [-0.25, -0.2) is 13.4 Å². The van der Waals surface area contributed by atoms with Gasteiger partial charge in [-0.2, -0.15) is 0 Å². The zero-order valence-electron chi connectivity index (χ0n) is 9.33. The van der Waals surface area contributed by atoms with E-state index < -0.39 is 10.0 Å². The third-order valence-corrected chi connectivity index (χ3v) is 3.77. The van der Waals surface area contributed by atoms with Crippen molar-refractivity contribution >= 4 is 27.3 Å². The first-order valence-electron chi connectivity index (χ1n) is 5.08. The van der Waals surface area contributed by atoms with Gasteiger partial charge in [0.15, 0.2) is 5.15 Å². The highest BCUT2D eigenvalue weighted by molar-refractivity contribution is 7.92. The summed E-state index contributed by atoms with van der Waals surface area (Å²) in [6.07, 6.45) is 3.01. The Kier molecular flexibility index (Phi) is 4.56. The summed E-state index contributed by atoms with van der Waals surface area (Å²) < 4.78 is 25.8. The molecule has 0 unspecified atom stereocenters. The summed E-state index contributed by atoms with van der Waals surface area (Å²) in [4.78, 5) is 3.84. The molecule has 0 spiro atoms. The van der Waals surface area contributed by atoms with Crippen LogP contribution in [0.15, 0.2) is 12.3 Å². The van der Waals surface area contributed by atoms with Gasteiger partial charge in [0.2, 0.25) is 10.0 Å². The fourth-order valence-corrected chi connectivity index (χ4v) is 2.84. The fraction of sp³-hybridized carbons (Fsp3) is 0.500. The number of aryl methyl sites for hydroxylation is 1. The first kappa shape index (κ1) is 13.3. The lowest BCUT2D eigenvalue weighted by Gasteiger charge is -2.10. The predicted octanol–water partition coefficient (Wildman–Crippen LogP) is 2.59. The lowest BCUT2D eigenvalue weighted by molar-refractivity contribution is 0.598. The highest BCUT2D eigenvalue weighted by atomic mass is 35.5. The number of sulfonamides is 1. The molecule has 0 aliphatic heterocycles. The first-order valence-corrected chi connectivity index (χ1v) is 7.11. The molecule has 16 heavy (non-hydrogen) atoms. The third kappa shape index (κ3) is 3.64. The molecule has 0 atom stereocenters. The van der Waals surface area contributed by atoms with Gasteiger partial charge in [0, 0.05) is 6.20 Å². The van der Waals surface area contributed by atoms with Gasteiger partial charge >= 0.3 is 0 Å². The maximum absolute atomic E-state index is 11.7. The molecule has 6 heteroatoms. The number of aromatic nitrogens is 1. The number of halogens is 1. The van der Waals surface area contributed by atoms with E-state index in [4.69, 9.17) is 11.6 Å². The molecule has 1 aromatic rings. The van der Waals surface area contributed by atoms with Gasteiger partial charge in [-0.3, -0.25) is 4.72 Å². The standard InChI is InChI=1S/C10H15ClN2O2S/c1-3-4-7-16(14,15)13-9-8(2)5-6-12-10(9)11/h5-6,13H,3-4,7H2,1-2H3. The molecule has 0 fully saturated rings. The van der Waals surface area contributed by atoms with Crippen molar-refractivity contribution in [2.24, 2.45) is 0 Å². The Morgan fingerprint density at radius 1 is 1.50 bits per heavy atom. The summed E-state index contributed by atoms with van der Waals surface area (Å²) >= 11 is 5.83. The van der Waals surface area contributed by atoms with Crippen LogP contribution in [0.25, 0.3) is 0 Å². The van der Waals surface area contributed by atoms with Crippen LogP contribution in [0.1, 0.15) is 25.3 Å². The topological polar surface area (TPSA) is 59.1 Å². The zero-order valence-corrected chi connectivity index (χ0v) is 10.9. The molecule has 0 aliphatic carbocycles. The van der Waals surface area contributed by atoms with Gasteiger partial charge in [0.05, 0.1) is 11.4 Å². The molecule has 0 saturated carbocycles. The number of rotatable bonds is 5. The van der Waals surface area contributed by atoms with Gasteiger partial charge in [-0.1, -0.05) is 24.9 Å². The molecule has 1 heterocycles. The van der Waals surface area contributed by atoms with E-state index in [0.29, 0.717) is 12.1 Å². The van der Waals surface area contributed by atoms with Crippen LogP contribution in [-0.2, 0) is 10.0 Å². The van der Waals surface area contributed by atoms with Gasteiger partial charge in [-0.05, 0) is 25.0 Å². The molecule has 0 radical (unpaired) electrons. The smallest absolute Gasteiger partial charge is 0.232 e.